The van der Waals surface area contributed by atoms with Crippen molar-refractivity contribution in [2.24, 2.45) is 7.05 Å². The second-order valence-corrected chi connectivity index (χ2v) is 10.4. The molecule has 2 amide bonds. The zero-order valence-corrected chi connectivity index (χ0v) is 23.5. The van der Waals surface area contributed by atoms with E-state index in [9.17, 15) is 31.1 Å². The van der Waals surface area contributed by atoms with Crippen LogP contribution in [0.15, 0.2) is 37.1 Å². The largest absolute Gasteiger partial charge is 0.420 e. The summed E-state index contributed by atoms with van der Waals surface area (Å²) in [7, 11) is 1.72. The topological polar surface area (TPSA) is 142 Å². The first kappa shape index (κ1) is 31.0. The third-order valence-electron chi connectivity index (χ3n) is 6.83. The number of aromatic nitrogens is 8. The lowest BCUT2D eigenvalue weighted by atomic mass is 9.90. The Morgan fingerprint density at radius 3 is 2.36 bits per heavy atom. The average molecular weight is 644 g/mol. The van der Waals surface area contributed by atoms with Crippen LogP contribution in [0.5, 0.6) is 0 Å². The van der Waals surface area contributed by atoms with Crippen LogP contribution >= 0.6 is 11.6 Å². The standard InChI is InChI=1S/C25H24ClF6N11O/c1-42-7-6-17(41-42)18-10-34-19(11-33-18)43(23(44)36-12-24(27,28)29)14-4-2-13(3-5-14)38-22-35-8-15(25(30,31)32)20(39-22)21-16(26)9-37-40-21/h6-11,13-14H,2-5,12H2,1H3,(H,36,44)(H,37,40)(H,35,38,39). The highest BCUT2D eigenvalue weighted by atomic mass is 35.5. The molecule has 12 nitrogen and oxygen atoms in total. The Bertz CT molecular complexity index is 1600. The van der Waals surface area contributed by atoms with E-state index in [1.807, 2.05) is 5.32 Å². The molecule has 0 aliphatic heterocycles. The van der Waals surface area contributed by atoms with Gasteiger partial charge in [0.05, 0.1) is 17.4 Å². The van der Waals surface area contributed by atoms with E-state index in [0.717, 1.165) is 4.90 Å². The van der Waals surface area contributed by atoms with Crippen molar-refractivity contribution in [1.82, 2.24) is 45.2 Å². The van der Waals surface area contributed by atoms with Gasteiger partial charge in [0.2, 0.25) is 5.95 Å². The smallest absolute Gasteiger partial charge is 0.351 e. The molecule has 1 aliphatic rings. The minimum Gasteiger partial charge on any atom is -0.351 e. The van der Waals surface area contributed by atoms with Crippen molar-refractivity contribution in [3.8, 4) is 22.8 Å². The van der Waals surface area contributed by atoms with Crippen LogP contribution in [0.3, 0.4) is 0 Å². The van der Waals surface area contributed by atoms with Crippen LogP contribution in [0.25, 0.3) is 22.8 Å². The first-order valence-corrected chi connectivity index (χ1v) is 13.5. The summed E-state index contributed by atoms with van der Waals surface area (Å²) in [6.45, 7) is -1.54. The first-order valence-electron chi connectivity index (χ1n) is 13.1. The van der Waals surface area contributed by atoms with E-state index in [1.54, 1.807) is 24.0 Å². The highest BCUT2D eigenvalue weighted by Crippen LogP contribution is 2.38. The second-order valence-electron chi connectivity index (χ2n) is 9.96. The van der Waals surface area contributed by atoms with E-state index in [2.05, 4.69) is 40.5 Å². The number of anilines is 2. The predicted octanol–water partition coefficient (Wildman–Crippen LogP) is 5.23. The molecule has 0 radical (unpaired) electrons. The maximum absolute atomic E-state index is 13.6. The lowest BCUT2D eigenvalue weighted by Crippen LogP contribution is -2.50. The third-order valence-corrected chi connectivity index (χ3v) is 7.12. The van der Waals surface area contributed by atoms with Gasteiger partial charge in [-0.15, -0.1) is 0 Å². The zero-order chi connectivity index (χ0) is 31.6. The Morgan fingerprint density at radius 1 is 1.05 bits per heavy atom. The fraction of sp³-hybridized carbons (Fsp3) is 0.400. The number of carbonyl (C=O) groups is 1. The Labute approximate surface area is 250 Å². The van der Waals surface area contributed by atoms with Crippen LogP contribution in [-0.2, 0) is 13.2 Å². The molecular formula is C25H24ClF6N11O. The average Bonchev–Trinajstić information content (AvgIpc) is 3.60. The lowest BCUT2D eigenvalue weighted by molar-refractivity contribution is -0.137. The summed E-state index contributed by atoms with van der Waals surface area (Å²) in [6, 6.07) is -0.157. The van der Waals surface area contributed by atoms with Gasteiger partial charge in [-0.1, -0.05) is 11.6 Å². The highest BCUT2D eigenvalue weighted by Gasteiger charge is 2.38. The molecule has 1 saturated carbocycles. The van der Waals surface area contributed by atoms with Crippen LogP contribution in [0.1, 0.15) is 31.2 Å². The van der Waals surface area contributed by atoms with Crippen molar-refractivity contribution < 1.29 is 31.1 Å². The number of hydrogen-bond donors (Lipinski definition) is 3. The van der Waals surface area contributed by atoms with Gasteiger partial charge in [-0.25, -0.2) is 24.7 Å². The number of halogens is 7. The third kappa shape index (κ3) is 7.17. The van der Waals surface area contributed by atoms with Gasteiger partial charge >= 0.3 is 18.4 Å². The fourth-order valence-electron chi connectivity index (χ4n) is 4.79. The maximum atomic E-state index is 13.6. The van der Waals surface area contributed by atoms with Crippen molar-refractivity contribution >= 4 is 29.4 Å². The Kier molecular flexibility index (Phi) is 8.62. The summed E-state index contributed by atoms with van der Waals surface area (Å²) >= 11 is 6.00. The minimum absolute atomic E-state index is 0.0485. The van der Waals surface area contributed by atoms with Crippen LogP contribution in [0.2, 0.25) is 5.02 Å². The molecule has 4 heterocycles. The molecule has 1 aliphatic carbocycles. The van der Waals surface area contributed by atoms with E-state index in [0.29, 0.717) is 43.3 Å². The van der Waals surface area contributed by atoms with E-state index in [-0.39, 0.29) is 28.5 Å². The molecule has 4 aromatic heterocycles. The summed E-state index contributed by atoms with van der Waals surface area (Å²) in [4.78, 5) is 30.6. The molecular weight excluding hydrogens is 620 g/mol. The number of urea groups is 1. The molecule has 1 fully saturated rings. The summed E-state index contributed by atoms with van der Waals surface area (Å²) in [5.41, 5.74) is -0.880. The molecule has 19 heteroatoms. The Hall–Kier alpha value is -4.48. The molecule has 0 aromatic carbocycles. The number of amides is 2. The molecule has 0 unspecified atom stereocenters. The number of nitrogens with one attached hydrogen (secondary N) is 3. The van der Waals surface area contributed by atoms with Gasteiger partial charge in [0.25, 0.3) is 0 Å². The van der Waals surface area contributed by atoms with Gasteiger partial charge in [-0.3, -0.25) is 14.7 Å². The molecule has 3 N–H and O–H groups in total. The SMILES string of the molecule is Cn1ccc(-c2cnc(N(C(=O)NCC(F)(F)F)C3CCC(Nc4ncc(C(F)(F)F)c(-c5n[nH]cc5Cl)n4)CC3)cn2)n1. The number of nitrogens with zero attached hydrogens (tertiary/aromatic N) is 8. The lowest BCUT2D eigenvalue weighted by Gasteiger charge is -2.36. The van der Waals surface area contributed by atoms with Gasteiger partial charge in [0.1, 0.15) is 34.9 Å². The molecule has 4 aromatic rings. The predicted molar refractivity (Wildman–Crippen MR) is 145 cm³/mol. The number of hydrogen-bond acceptors (Lipinski definition) is 8. The van der Waals surface area contributed by atoms with Crippen LogP contribution < -0.4 is 15.5 Å². The van der Waals surface area contributed by atoms with Crippen molar-refractivity contribution in [3.05, 3.63) is 47.6 Å². The maximum Gasteiger partial charge on any atom is 0.420 e. The summed E-state index contributed by atoms with van der Waals surface area (Å²) in [5, 5.41) is 15.2. The summed E-state index contributed by atoms with van der Waals surface area (Å²) in [6.07, 6.45) is -1.75. The molecule has 234 valence electrons. The van der Waals surface area contributed by atoms with Crippen LogP contribution in [-0.4, -0.2) is 70.7 Å². The van der Waals surface area contributed by atoms with E-state index in [4.69, 9.17) is 11.6 Å². The van der Waals surface area contributed by atoms with Gasteiger partial charge in [0, 0.05) is 37.7 Å². The monoisotopic (exact) mass is 643 g/mol. The highest BCUT2D eigenvalue weighted by molar-refractivity contribution is 6.32. The van der Waals surface area contributed by atoms with Gasteiger partial charge in [0.15, 0.2) is 5.82 Å². The Morgan fingerprint density at radius 2 is 1.80 bits per heavy atom. The number of rotatable bonds is 7. The minimum atomic E-state index is -4.76. The molecule has 0 saturated heterocycles. The number of carbonyl (C=O) groups excluding carboxylic acids is 1. The Balaban J connectivity index is 1.32. The normalized spacial score (nSPS) is 17.4. The molecule has 0 spiro atoms. The molecule has 5 rings (SSSR count). The van der Waals surface area contributed by atoms with E-state index >= 15 is 0 Å². The first-order chi connectivity index (χ1) is 20.8. The van der Waals surface area contributed by atoms with Gasteiger partial charge in [-0.05, 0) is 31.7 Å². The van der Waals surface area contributed by atoms with Crippen molar-refractivity contribution in [3.63, 3.8) is 0 Å². The number of H-pyrrole nitrogens is 1. The van der Waals surface area contributed by atoms with Crippen LogP contribution in [0.4, 0.5) is 42.9 Å². The van der Waals surface area contributed by atoms with Crippen molar-refractivity contribution in [2.45, 2.75) is 50.1 Å². The second kappa shape index (κ2) is 12.3. The van der Waals surface area contributed by atoms with E-state index in [1.165, 1.54) is 18.6 Å². The van der Waals surface area contributed by atoms with Crippen molar-refractivity contribution in [2.75, 3.05) is 16.8 Å². The molecule has 0 atom stereocenters. The quantitative estimate of drug-likeness (QED) is 0.233. The number of aromatic amines is 1. The summed E-state index contributed by atoms with van der Waals surface area (Å²) in [5.74, 6) is -0.0429. The number of aryl methyl sites for hydroxylation is 1. The molecule has 44 heavy (non-hydrogen) atoms. The summed E-state index contributed by atoms with van der Waals surface area (Å²) < 4.78 is 81.1. The van der Waals surface area contributed by atoms with E-state index < -0.39 is 42.2 Å². The fourth-order valence-corrected chi connectivity index (χ4v) is 4.97. The molecule has 0 bridgehead atoms. The number of alkyl halides is 6. The van der Waals surface area contributed by atoms with Gasteiger partial charge < -0.3 is 10.6 Å². The zero-order valence-electron chi connectivity index (χ0n) is 22.8. The van der Waals surface area contributed by atoms with Crippen LogP contribution in [0, 0.1) is 0 Å². The van der Waals surface area contributed by atoms with Gasteiger partial charge in [-0.2, -0.15) is 36.5 Å². The van der Waals surface area contributed by atoms with Crippen molar-refractivity contribution in [1.29, 1.82) is 0 Å².